The van der Waals surface area contributed by atoms with Gasteiger partial charge in [0.05, 0.1) is 17.8 Å². The molecule has 0 aliphatic carbocycles. The van der Waals surface area contributed by atoms with Gasteiger partial charge in [-0.25, -0.2) is 4.79 Å². The van der Waals surface area contributed by atoms with E-state index in [-0.39, 0.29) is 0 Å². The van der Waals surface area contributed by atoms with Gasteiger partial charge in [-0.15, -0.1) is 0 Å². The molecule has 0 radical (unpaired) electrons. The molecular formula is C16H21NO3. The fourth-order valence-electron chi connectivity index (χ4n) is 3.33. The Balaban J connectivity index is 1.69. The van der Waals surface area contributed by atoms with E-state index < -0.39 is 5.97 Å². The van der Waals surface area contributed by atoms with Gasteiger partial charge in [0.2, 0.25) is 0 Å². The summed E-state index contributed by atoms with van der Waals surface area (Å²) >= 11 is 0. The van der Waals surface area contributed by atoms with Crippen LogP contribution in [0.1, 0.15) is 41.3 Å². The lowest BCUT2D eigenvalue weighted by atomic mass is 9.94. The highest BCUT2D eigenvalue weighted by Gasteiger charge is 2.27. The SMILES string of the molecule is CC1CCC(CN2CCc3c(cccc3C(=O)O)C2)O1. The topological polar surface area (TPSA) is 49.8 Å². The van der Waals surface area contributed by atoms with Gasteiger partial charge < -0.3 is 9.84 Å². The monoisotopic (exact) mass is 275 g/mol. The fourth-order valence-corrected chi connectivity index (χ4v) is 3.33. The van der Waals surface area contributed by atoms with E-state index in [4.69, 9.17) is 4.74 Å². The summed E-state index contributed by atoms with van der Waals surface area (Å²) in [6, 6.07) is 5.60. The first kappa shape index (κ1) is 13.6. The van der Waals surface area contributed by atoms with E-state index in [0.29, 0.717) is 17.8 Å². The number of hydrogen-bond acceptors (Lipinski definition) is 3. The predicted molar refractivity (Wildman–Crippen MR) is 76.0 cm³/mol. The highest BCUT2D eigenvalue weighted by Crippen LogP contribution is 2.25. The molecule has 2 unspecified atom stereocenters. The molecule has 20 heavy (non-hydrogen) atoms. The summed E-state index contributed by atoms with van der Waals surface area (Å²) in [6.45, 7) is 4.85. The minimum Gasteiger partial charge on any atom is -0.478 e. The maximum atomic E-state index is 11.2. The van der Waals surface area contributed by atoms with E-state index in [9.17, 15) is 9.90 Å². The molecule has 0 amide bonds. The molecule has 0 bridgehead atoms. The van der Waals surface area contributed by atoms with Gasteiger partial charge in [-0.05, 0) is 43.4 Å². The molecule has 2 atom stereocenters. The van der Waals surface area contributed by atoms with Gasteiger partial charge in [0.1, 0.15) is 0 Å². The van der Waals surface area contributed by atoms with Crippen molar-refractivity contribution in [2.45, 2.75) is 44.9 Å². The van der Waals surface area contributed by atoms with Crippen LogP contribution in [0.2, 0.25) is 0 Å². The highest BCUT2D eigenvalue weighted by atomic mass is 16.5. The number of carbonyl (C=O) groups is 1. The molecule has 108 valence electrons. The average Bonchev–Trinajstić information content (AvgIpc) is 2.83. The number of carboxylic acid groups (broad SMARTS) is 1. The Kier molecular flexibility index (Phi) is 3.76. The van der Waals surface area contributed by atoms with Gasteiger partial charge in [0.25, 0.3) is 0 Å². The molecule has 2 aliphatic heterocycles. The zero-order valence-corrected chi connectivity index (χ0v) is 11.8. The zero-order chi connectivity index (χ0) is 14.1. The lowest BCUT2D eigenvalue weighted by Gasteiger charge is -2.31. The minimum atomic E-state index is -0.816. The van der Waals surface area contributed by atoms with Crippen LogP contribution in [0.3, 0.4) is 0 Å². The number of benzene rings is 1. The first-order valence-electron chi connectivity index (χ1n) is 7.35. The summed E-state index contributed by atoms with van der Waals surface area (Å²) in [7, 11) is 0. The van der Waals surface area contributed by atoms with Crippen molar-refractivity contribution in [2.75, 3.05) is 13.1 Å². The molecule has 0 aromatic heterocycles. The smallest absolute Gasteiger partial charge is 0.335 e. The van der Waals surface area contributed by atoms with Gasteiger partial charge in [-0.2, -0.15) is 0 Å². The maximum Gasteiger partial charge on any atom is 0.335 e. The third-order valence-electron chi connectivity index (χ3n) is 4.36. The Morgan fingerprint density at radius 2 is 2.30 bits per heavy atom. The molecule has 4 heteroatoms. The number of hydrogen-bond donors (Lipinski definition) is 1. The van der Waals surface area contributed by atoms with Gasteiger partial charge in [0, 0.05) is 19.6 Å². The molecule has 1 aromatic carbocycles. The fraction of sp³-hybridized carbons (Fsp3) is 0.562. The Bertz CT molecular complexity index is 514. The van der Waals surface area contributed by atoms with Gasteiger partial charge in [-0.1, -0.05) is 12.1 Å². The molecule has 0 spiro atoms. The van der Waals surface area contributed by atoms with E-state index >= 15 is 0 Å². The Hall–Kier alpha value is -1.39. The van der Waals surface area contributed by atoms with Crippen molar-refractivity contribution in [3.05, 3.63) is 34.9 Å². The quantitative estimate of drug-likeness (QED) is 0.919. The van der Waals surface area contributed by atoms with E-state index in [1.54, 1.807) is 6.07 Å². The summed E-state index contributed by atoms with van der Waals surface area (Å²) in [5.74, 6) is -0.816. The third kappa shape index (κ3) is 2.72. The molecular weight excluding hydrogens is 254 g/mol. The van der Waals surface area contributed by atoms with Crippen LogP contribution in [0.4, 0.5) is 0 Å². The first-order chi connectivity index (χ1) is 9.63. The van der Waals surface area contributed by atoms with Crippen LogP contribution in [0.5, 0.6) is 0 Å². The van der Waals surface area contributed by atoms with Crippen molar-refractivity contribution in [3.63, 3.8) is 0 Å². The first-order valence-corrected chi connectivity index (χ1v) is 7.35. The van der Waals surface area contributed by atoms with Crippen molar-refractivity contribution in [1.29, 1.82) is 0 Å². The van der Waals surface area contributed by atoms with E-state index in [2.05, 4.69) is 11.8 Å². The third-order valence-corrected chi connectivity index (χ3v) is 4.36. The van der Waals surface area contributed by atoms with Crippen molar-refractivity contribution in [2.24, 2.45) is 0 Å². The van der Waals surface area contributed by atoms with E-state index in [1.165, 1.54) is 0 Å². The molecule has 2 heterocycles. The lowest BCUT2D eigenvalue weighted by Crippen LogP contribution is -2.37. The maximum absolute atomic E-state index is 11.2. The van der Waals surface area contributed by atoms with Crippen LogP contribution in [-0.2, 0) is 17.7 Å². The van der Waals surface area contributed by atoms with Crippen LogP contribution in [0.15, 0.2) is 18.2 Å². The molecule has 4 nitrogen and oxygen atoms in total. The lowest BCUT2D eigenvalue weighted by molar-refractivity contribution is 0.0285. The normalized spacial score (nSPS) is 26.4. The number of fused-ring (bicyclic) bond motifs is 1. The van der Waals surface area contributed by atoms with Crippen LogP contribution in [-0.4, -0.2) is 41.3 Å². The van der Waals surface area contributed by atoms with Crippen LogP contribution < -0.4 is 0 Å². The van der Waals surface area contributed by atoms with E-state index in [0.717, 1.165) is 50.0 Å². The zero-order valence-electron chi connectivity index (χ0n) is 11.8. The molecule has 1 N–H and O–H groups in total. The molecule has 0 saturated carbocycles. The summed E-state index contributed by atoms with van der Waals surface area (Å²) in [5.41, 5.74) is 2.63. The second kappa shape index (κ2) is 5.54. The number of nitrogens with zero attached hydrogens (tertiary/aromatic N) is 1. The second-order valence-electron chi connectivity index (χ2n) is 5.88. The predicted octanol–water partition coefficient (Wildman–Crippen LogP) is 2.31. The summed E-state index contributed by atoms with van der Waals surface area (Å²) in [6.07, 6.45) is 3.84. The number of aromatic carboxylic acids is 1. The van der Waals surface area contributed by atoms with E-state index in [1.807, 2.05) is 12.1 Å². The van der Waals surface area contributed by atoms with Crippen LogP contribution in [0.25, 0.3) is 0 Å². The van der Waals surface area contributed by atoms with Gasteiger partial charge in [-0.3, -0.25) is 4.90 Å². The molecule has 2 aliphatic rings. The minimum absolute atomic E-state index is 0.342. The summed E-state index contributed by atoms with van der Waals surface area (Å²) in [4.78, 5) is 13.6. The van der Waals surface area contributed by atoms with Crippen molar-refractivity contribution in [1.82, 2.24) is 4.90 Å². The molecule has 1 fully saturated rings. The summed E-state index contributed by atoms with van der Waals surface area (Å²) in [5, 5.41) is 9.23. The number of ether oxygens (including phenoxy) is 1. The van der Waals surface area contributed by atoms with Gasteiger partial charge in [0.15, 0.2) is 0 Å². The Morgan fingerprint density at radius 3 is 3.00 bits per heavy atom. The largest absolute Gasteiger partial charge is 0.478 e. The molecule has 1 saturated heterocycles. The highest BCUT2D eigenvalue weighted by molar-refractivity contribution is 5.89. The number of rotatable bonds is 3. The Morgan fingerprint density at radius 1 is 1.45 bits per heavy atom. The molecule has 3 rings (SSSR count). The van der Waals surface area contributed by atoms with Crippen molar-refractivity contribution in [3.8, 4) is 0 Å². The number of carboxylic acids is 1. The molecule has 1 aromatic rings. The van der Waals surface area contributed by atoms with Crippen LogP contribution in [0, 0.1) is 0 Å². The van der Waals surface area contributed by atoms with Crippen molar-refractivity contribution < 1.29 is 14.6 Å². The standard InChI is InChI=1S/C16H21NO3/c1-11-5-6-13(20-11)10-17-8-7-14-12(9-17)3-2-4-15(14)16(18)19/h2-4,11,13H,5-10H2,1H3,(H,18,19). The average molecular weight is 275 g/mol. The van der Waals surface area contributed by atoms with Gasteiger partial charge >= 0.3 is 5.97 Å². The summed E-state index contributed by atoms with van der Waals surface area (Å²) < 4.78 is 5.88. The second-order valence-corrected chi connectivity index (χ2v) is 5.88. The van der Waals surface area contributed by atoms with Crippen LogP contribution >= 0.6 is 0 Å². The Labute approximate surface area is 119 Å². The van der Waals surface area contributed by atoms with Crippen molar-refractivity contribution >= 4 is 5.97 Å².